The third-order valence-corrected chi connectivity index (χ3v) is 5.36. The summed E-state index contributed by atoms with van der Waals surface area (Å²) >= 11 is 0. The van der Waals surface area contributed by atoms with Crippen LogP contribution in [0.25, 0.3) is 0 Å². The fourth-order valence-electron chi connectivity index (χ4n) is 3.97. The van der Waals surface area contributed by atoms with Gasteiger partial charge in [-0.15, -0.1) is 0 Å². The number of ether oxygens (including phenoxy) is 1. The maximum atomic E-state index is 12.2. The van der Waals surface area contributed by atoms with Gasteiger partial charge in [0.1, 0.15) is 5.54 Å². The van der Waals surface area contributed by atoms with Crippen molar-refractivity contribution in [1.82, 2.24) is 10.2 Å². The molecule has 2 fully saturated rings. The lowest BCUT2D eigenvalue weighted by Crippen LogP contribution is -2.54. The molecule has 2 aliphatic rings. The summed E-state index contributed by atoms with van der Waals surface area (Å²) in [6.45, 7) is 5.82. The molecule has 0 spiro atoms. The standard InChI is InChI=1S/C17H32N2O2/c1-4-11-19(13-14-7-8-14)12-9-15-6-5-10-17(15,18-2)16(20)21-3/h14-15,18H,4-13H2,1-3H3. The van der Waals surface area contributed by atoms with Gasteiger partial charge in [0, 0.05) is 6.54 Å². The summed E-state index contributed by atoms with van der Waals surface area (Å²) < 4.78 is 5.07. The maximum Gasteiger partial charge on any atom is 0.326 e. The van der Waals surface area contributed by atoms with Crippen LogP contribution in [0.1, 0.15) is 51.9 Å². The number of carbonyl (C=O) groups is 1. The van der Waals surface area contributed by atoms with Gasteiger partial charge in [-0.1, -0.05) is 13.3 Å². The molecule has 2 rings (SSSR count). The van der Waals surface area contributed by atoms with Gasteiger partial charge in [0.2, 0.25) is 0 Å². The van der Waals surface area contributed by atoms with Crippen LogP contribution in [0.15, 0.2) is 0 Å². The second-order valence-corrected chi connectivity index (χ2v) is 6.83. The zero-order valence-electron chi connectivity index (χ0n) is 14.0. The lowest BCUT2D eigenvalue weighted by atomic mass is 9.84. The Morgan fingerprint density at radius 3 is 2.67 bits per heavy atom. The topological polar surface area (TPSA) is 41.6 Å². The Hall–Kier alpha value is -0.610. The summed E-state index contributed by atoms with van der Waals surface area (Å²) in [6.07, 6.45) is 8.31. The predicted molar refractivity (Wildman–Crippen MR) is 85.2 cm³/mol. The highest BCUT2D eigenvalue weighted by Gasteiger charge is 2.48. The van der Waals surface area contributed by atoms with Gasteiger partial charge in [-0.25, -0.2) is 0 Å². The molecule has 2 saturated carbocycles. The van der Waals surface area contributed by atoms with E-state index in [1.54, 1.807) is 0 Å². The molecule has 0 amide bonds. The van der Waals surface area contributed by atoms with Crippen molar-refractivity contribution in [2.75, 3.05) is 33.8 Å². The van der Waals surface area contributed by atoms with E-state index in [0.29, 0.717) is 5.92 Å². The predicted octanol–water partition coefficient (Wildman–Crippen LogP) is 2.43. The molecule has 0 aromatic heterocycles. The molecule has 4 heteroatoms. The number of methoxy groups -OCH3 is 1. The normalized spacial score (nSPS) is 29.0. The van der Waals surface area contributed by atoms with Crippen LogP contribution in [0, 0.1) is 11.8 Å². The average molecular weight is 296 g/mol. The van der Waals surface area contributed by atoms with Gasteiger partial charge < -0.3 is 15.0 Å². The number of hydrogen-bond donors (Lipinski definition) is 1. The monoisotopic (exact) mass is 296 g/mol. The lowest BCUT2D eigenvalue weighted by molar-refractivity contribution is -0.150. The molecular formula is C17H32N2O2. The zero-order chi connectivity index (χ0) is 15.3. The van der Waals surface area contributed by atoms with Gasteiger partial charge in [0.15, 0.2) is 0 Å². The van der Waals surface area contributed by atoms with Crippen LogP contribution in [0.2, 0.25) is 0 Å². The second kappa shape index (κ2) is 7.59. The molecule has 21 heavy (non-hydrogen) atoms. The minimum Gasteiger partial charge on any atom is -0.468 e. The highest BCUT2D eigenvalue weighted by molar-refractivity contribution is 5.81. The molecule has 0 bridgehead atoms. The third kappa shape index (κ3) is 3.98. The molecular weight excluding hydrogens is 264 g/mol. The summed E-state index contributed by atoms with van der Waals surface area (Å²) in [7, 11) is 3.41. The van der Waals surface area contributed by atoms with E-state index < -0.39 is 5.54 Å². The smallest absolute Gasteiger partial charge is 0.326 e. The zero-order valence-corrected chi connectivity index (χ0v) is 14.0. The molecule has 122 valence electrons. The summed E-state index contributed by atoms with van der Waals surface area (Å²) in [4.78, 5) is 14.8. The van der Waals surface area contributed by atoms with Crippen LogP contribution in [-0.2, 0) is 9.53 Å². The Kier molecular flexibility index (Phi) is 6.06. The Morgan fingerprint density at radius 1 is 1.33 bits per heavy atom. The third-order valence-electron chi connectivity index (χ3n) is 5.36. The van der Waals surface area contributed by atoms with E-state index >= 15 is 0 Å². The van der Waals surface area contributed by atoms with Crippen LogP contribution >= 0.6 is 0 Å². The number of likely N-dealkylation sites (N-methyl/N-ethyl adjacent to an activating group) is 1. The first-order chi connectivity index (χ1) is 10.2. The van der Waals surface area contributed by atoms with Crippen molar-refractivity contribution in [3.8, 4) is 0 Å². The molecule has 2 atom stereocenters. The molecule has 0 heterocycles. The number of carbonyl (C=O) groups excluding carboxylic acids is 1. The van der Waals surface area contributed by atoms with Gasteiger partial charge >= 0.3 is 5.97 Å². The Balaban J connectivity index is 1.91. The molecule has 2 aliphatic carbocycles. The Bertz CT molecular complexity index is 344. The van der Waals surface area contributed by atoms with Crippen LogP contribution in [0.5, 0.6) is 0 Å². The van der Waals surface area contributed by atoms with Gasteiger partial charge in [-0.05, 0) is 70.5 Å². The van der Waals surface area contributed by atoms with E-state index in [1.807, 2.05) is 7.05 Å². The highest BCUT2D eigenvalue weighted by Crippen LogP contribution is 2.39. The lowest BCUT2D eigenvalue weighted by Gasteiger charge is -2.34. The van der Waals surface area contributed by atoms with Crippen LogP contribution in [0.4, 0.5) is 0 Å². The molecule has 0 saturated heterocycles. The Morgan fingerprint density at radius 2 is 2.10 bits per heavy atom. The quantitative estimate of drug-likeness (QED) is 0.664. The summed E-state index contributed by atoms with van der Waals surface area (Å²) in [6, 6.07) is 0. The van der Waals surface area contributed by atoms with Gasteiger partial charge in [-0.3, -0.25) is 4.79 Å². The van der Waals surface area contributed by atoms with Gasteiger partial charge in [0.25, 0.3) is 0 Å². The molecule has 0 radical (unpaired) electrons. The first-order valence-electron chi connectivity index (χ1n) is 8.66. The van der Waals surface area contributed by atoms with Gasteiger partial charge in [0.05, 0.1) is 7.11 Å². The van der Waals surface area contributed by atoms with Crippen molar-refractivity contribution in [2.45, 2.75) is 57.4 Å². The number of nitrogens with zero attached hydrogens (tertiary/aromatic N) is 1. The van der Waals surface area contributed by atoms with E-state index in [0.717, 1.165) is 38.1 Å². The van der Waals surface area contributed by atoms with Crippen molar-refractivity contribution >= 4 is 5.97 Å². The summed E-state index contributed by atoms with van der Waals surface area (Å²) in [5.41, 5.74) is -0.438. The van der Waals surface area contributed by atoms with Crippen LogP contribution in [-0.4, -0.2) is 50.2 Å². The molecule has 0 aromatic carbocycles. The highest BCUT2D eigenvalue weighted by atomic mass is 16.5. The van der Waals surface area contributed by atoms with Crippen molar-refractivity contribution in [3.05, 3.63) is 0 Å². The molecule has 1 N–H and O–H groups in total. The average Bonchev–Trinajstić information content (AvgIpc) is 3.21. The summed E-state index contributed by atoms with van der Waals surface area (Å²) in [5, 5.41) is 3.29. The van der Waals surface area contributed by atoms with Crippen LogP contribution < -0.4 is 5.32 Å². The molecule has 0 aliphatic heterocycles. The van der Waals surface area contributed by atoms with Crippen molar-refractivity contribution in [3.63, 3.8) is 0 Å². The number of nitrogens with one attached hydrogen (secondary N) is 1. The number of rotatable bonds is 9. The van der Waals surface area contributed by atoms with Crippen LogP contribution in [0.3, 0.4) is 0 Å². The number of hydrogen-bond acceptors (Lipinski definition) is 4. The first-order valence-corrected chi connectivity index (χ1v) is 8.66. The van der Waals surface area contributed by atoms with Crippen molar-refractivity contribution < 1.29 is 9.53 Å². The van der Waals surface area contributed by atoms with Crippen molar-refractivity contribution in [2.24, 2.45) is 11.8 Å². The van der Waals surface area contributed by atoms with E-state index in [9.17, 15) is 4.79 Å². The largest absolute Gasteiger partial charge is 0.468 e. The fraction of sp³-hybridized carbons (Fsp3) is 0.941. The fourth-order valence-corrected chi connectivity index (χ4v) is 3.97. The Labute approximate surface area is 129 Å². The number of esters is 1. The molecule has 2 unspecified atom stereocenters. The minimum atomic E-state index is -0.438. The SMILES string of the molecule is CCCN(CCC1CCCC1(NC)C(=O)OC)CC1CC1. The summed E-state index contributed by atoms with van der Waals surface area (Å²) in [5.74, 6) is 1.28. The van der Waals surface area contributed by atoms with Crippen molar-refractivity contribution in [1.29, 1.82) is 0 Å². The molecule has 4 nitrogen and oxygen atoms in total. The van der Waals surface area contributed by atoms with E-state index in [-0.39, 0.29) is 5.97 Å². The van der Waals surface area contributed by atoms with E-state index in [2.05, 4.69) is 17.1 Å². The van der Waals surface area contributed by atoms with E-state index in [4.69, 9.17) is 4.74 Å². The van der Waals surface area contributed by atoms with Gasteiger partial charge in [-0.2, -0.15) is 0 Å². The minimum absolute atomic E-state index is 0.0725. The molecule has 0 aromatic rings. The first kappa shape index (κ1) is 16.8. The second-order valence-electron chi connectivity index (χ2n) is 6.83. The van der Waals surface area contributed by atoms with E-state index in [1.165, 1.54) is 39.5 Å². The maximum absolute atomic E-state index is 12.2.